The van der Waals surface area contributed by atoms with Crippen molar-refractivity contribution in [3.63, 3.8) is 0 Å². The number of amides is 2. The Morgan fingerprint density at radius 2 is 1.71 bits per heavy atom. The first-order valence-corrected chi connectivity index (χ1v) is 8.15. The Labute approximate surface area is 148 Å². The molecule has 1 rings (SSSR count). The lowest BCUT2D eigenvalue weighted by Crippen LogP contribution is -2.50. The van der Waals surface area contributed by atoms with Crippen LogP contribution in [0.5, 0.6) is 5.75 Å². The summed E-state index contributed by atoms with van der Waals surface area (Å²) in [6.45, 7) is 10.1. The van der Waals surface area contributed by atoms with Gasteiger partial charge in [0.15, 0.2) is 5.11 Å². The number of hydrazine groups is 1. The van der Waals surface area contributed by atoms with Crippen LogP contribution in [0.3, 0.4) is 0 Å². The van der Waals surface area contributed by atoms with Gasteiger partial charge in [-0.05, 0) is 42.4 Å². The second-order valence-electron chi connectivity index (χ2n) is 6.84. The lowest BCUT2D eigenvalue weighted by Gasteiger charge is -2.18. The van der Waals surface area contributed by atoms with Gasteiger partial charge in [-0.3, -0.25) is 20.4 Å². The van der Waals surface area contributed by atoms with E-state index in [0.717, 1.165) is 0 Å². The molecule has 3 N–H and O–H groups in total. The molecule has 0 spiro atoms. The average molecular weight is 351 g/mol. The molecule has 0 bridgehead atoms. The molecule has 132 valence electrons. The second kappa shape index (κ2) is 8.63. The minimum Gasteiger partial charge on any atom is -0.493 e. The maximum absolute atomic E-state index is 12.0. The van der Waals surface area contributed by atoms with Gasteiger partial charge < -0.3 is 10.1 Å². The van der Waals surface area contributed by atoms with Crippen LogP contribution in [0.4, 0.5) is 0 Å². The molecule has 24 heavy (non-hydrogen) atoms. The van der Waals surface area contributed by atoms with Crippen LogP contribution in [0, 0.1) is 11.3 Å². The van der Waals surface area contributed by atoms with Crippen LogP contribution in [-0.2, 0) is 4.79 Å². The molecule has 0 heterocycles. The number of ether oxygens (including phenoxy) is 1. The summed E-state index contributed by atoms with van der Waals surface area (Å²) in [5.41, 5.74) is 4.83. The van der Waals surface area contributed by atoms with Crippen molar-refractivity contribution in [2.24, 2.45) is 11.3 Å². The summed E-state index contributed by atoms with van der Waals surface area (Å²) in [5, 5.41) is 2.55. The molecular weight excluding hydrogens is 326 g/mol. The van der Waals surface area contributed by atoms with Gasteiger partial charge in [0.05, 0.1) is 6.61 Å². The maximum atomic E-state index is 12.0. The molecule has 0 atom stereocenters. The van der Waals surface area contributed by atoms with Crippen molar-refractivity contribution in [2.45, 2.75) is 34.6 Å². The largest absolute Gasteiger partial charge is 0.493 e. The minimum atomic E-state index is -0.568. The van der Waals surface area contributed by atoms with Gasteiger partial charge in [-0.25, -0.2) is 0 Å². The number of thiocarbonyl (C=S) groups is 1. The molecule has 0 saturated heterocycles. The van der Waals surface area contributed by atoms with Crippen molar-refractivity contribution in [1.82, 2.24) is 16.2 Å². The highest BCUT2D eigenvalue weighted by atomic mass is 32.1. The van der Waals surface area contributed by atoms with Crippen molar-refractivity contribution in [1.29, 1.82) is 0 Å². The van der Waals surface area contributed by atoms with Crippen molar-refractivity contribution >= 4 is 29.1 Å². The van der Waals surface area contributed by atoms with E-state index >= 15 is 0 Å². The molecule has 0 aromatic heterocycles. The fourth-order valence-electron chi connectivity index (χ4n) is 1.47. The number of carbonyl (C=O) groups excluding carboxylic acids is 2. The highest BCUT2D eigenvalue weighted by Crippen LogP contribution is 2.13. The molecule has 0 radical (unpaired) electrons. The highest BCUT2D eigenvalue weighted by molar-refractivity contribution is 7.80. The van der Waals surface area contributed by atoms with E-state index in [2.05, 4.69) is 30.0 Å². The smallest absolute Gasteiger partial charge is 0.269 e. The zero-order chi connectivity index (χ0) is 18.3. The molecule has 0 aliphatic carbocycles. The Bertz CT molecular complexity index is 592. The topological polar surface area (TPSA) is 79.5 Å². The van der Waals surface area contributed by atoms with E-state index in [-0.39, 0.29) is 16.9 Å². The van der Waals surface area contributed by atoms with Gasteiger partial charge in [0, 0.05) is 11.0 Å². The predicted octanol–water partition coefficient (Wildman–Crippen LogP) is 2.40. The Hall–Kier alpha value is -2.15. The van der Waals surface area contributed by atoms with Crippen LogP contribution in [0.25, 0.3) is 0 Å². The molecule has 1 aromatic carbocycles. The van der Waals surface area contributed by atoms with E-state index < -0.39 is 5.41 Å². The van der Waals surface area contributed by atoms with E-state index in [4.69, 9.17) is 17.0 Å². The summed E-state index contributed by atoms with van der Waals surface area (Å²) >= 11 is 4.97. The van der Waals surface area contributed by atoms with Crippen LogP contribution < -0.4 is 20.9 Å². The Balaban J connectivity index is 2.48. The van der Waals surface area contributed by atoms with Crippen molar-refractivity contribution < 1.29 is 14.3 Å². The SMILES string of the molecule is CC(C)COc1ccc(C(=O)NNC(=S)NC(=O)C(C)(C)C)cc1. The molecule has 0 fully saturated rings. The fraction of sp³-hybridized carbons (Fsp3) is 0.471. The first-order chi connectivity index (χ1) is 11.1. The molecule has 2 amide bonds. The van der Waals surface area contributed by atoms with E-state index in [1.165, 1.54) is 0 Å². The Kier molecular flexibility index (Phi) is 7.16. The van der Waals surface area contributed by atoms with E-state index in [9.17, 15) is 9.59 Å². The van der Waals surface area contributed by atoms with E-state index in [1.807, 2.05) is 0 Å². The predicted molar refractivity (Wildman–Crippen MR) is 97.6 cm³/mol. The lowest BCUT2D eigenvalue weighted by atomic mass is 9.96. The quantitative estimate of drug-likeness (QED) is 0.573. The third kappa shape index (κ3) is 6.95. The van der Waals surface area contributed by atoms with Gasteiger partial charge in [0.2, 0.25) is 5.91 Å². The summed E-state index contributed by atoms with van der Waals surface area (Å²) in [7, 11) is 0. The summed E-state index contributed by atoms with van der Waals surface area (Å²) < 4.78 is 5.56. The number of rotatable bonds is 4. The van der Waals surface area contributed by atoms with Gasteiger partial charge in [-0.2, -0.15) is 0 Å². The fourth-order valence-corrected chi connectivity index (χ4v) is 1.62. The summed E-state index contributed by atoms with van der Waals surface area (Å²) in [6, 6.07) is 6.78. The summed E-state index contributed by atoms with van der Waals surface area (Å²) in [4.78, 5) is 23.8. The Morgan fingerprint density at radius 1 is 1.12 bits per heavy atom. The highest BCUT2D eigenvalue weighted by Gasteiger charge is 2.22. The third-order valence-corrected chi connectivity index (χ3v) is 3.10. The van der Waals surface area contributed by atoms with Crippen LogP contribution in [-0.4, -0.2) is 23.5 Å². The van der Waals surface area contributed by atoms with E-state index in [0.29, 0.717) is 23.8 Å². The van der Waals surface area contributed by atoms with Crippen LogP contribution in [0.1, 0.15) is 45.0 Å². The first kappa shape index (κ1) is 19.9. The van der Waals surface area contributed by atoms with Crippen LogP contribution in [0.2, 0.25) is 0 Å². The normalized spacial score (nSPS) is 10.9. The molecule has 7 heteroatoms. The average Bonchev–Trinajstić information content (AvgIpc) is 2.50. The van der Waals surface area contributed by atoms with E-state index in [1.54, 1.807) is 45.0 Å². The van der Waals surface area contributed by atoms with Crippen molar-refractivity contribution in [2.75, 3.05) is 6.61 Å². The minimum absolute atomic E-state index is 0.0418. The van der Waals surface area contributed by atoms with Gasteiger partial charge in [-0.15, -0.1) is 0 Å². The first-order valence-electron chi connectivity index (χ1n) is 7.74. The van der Waals surface area contributed by atoms with Crippen LogP contribution in [0.15, 0.2) is 24.3 Å². The number of carbonyl (C=O) groups is 2. The molecule has 6 nitrogen and oxygen atoms in total. The standard InChI is InChI=1S/C17H25N3O3S/c1-11(2)10-23-13-8-6-12(7-9-13)14(21)19-20-16(24)18-15(22)17(3,4)5/h6-9,11H,10H2,1-5H3,(H,19,21)(H2,18,20,22,24). The van der Waals surface area contributed by atoms with Gasteiger partial charge >= 0.3 is 0 Å². The number of nitrogens with one attached hydrogen (secondary N) is 3. The molecule has 0 aliphatic heterocycles. The molecule has 0 saturated carbocycles. The second-order valence-corrected chi connectivity index (χ2v) is 7.25. The molecular formula is C17H25N3O3S. The third-order valence-electron chi connectivity index (χ3n) is 2.90. The van der Waals surface area contributed by atoms with Gasteiger partial charge in [0.1, 0.15) is 5.75 Å². The molecule has 1 aromatic rings. The van der Waals surface area contributed by atoms with Crippen molar-refractivity contribution in [3.05, 3.63) is 29.8 Å². The Morgan fingerprint density at radius 3 is 2.21 bits per heavy atom. The summed E-state index contributed by atoms with van der Waals surface area (Å²) in [5.74, 6) is 0.543. The van der Waals surface area contributed by atoms with Gasteiger partial charge in [0.25, 0.3) is 5.91 Å². The lowest BCUT2D eigenvalue weighted by molar-refractivity contribution is -0.126. The maximum Gasteiger partial charge on any atom is 0.269 e. The molecule has 0 unspecified atom stereocenters. The van der Waals surface area contributed by atoms with Gasteiger partial charge in [-0.1, -0.05) is 34.6 Å². The number of hydrogen-bond acceptors (Lipinski definition) is 4. The van der Waals surface area contributed by atoms with Crippen LogP contribution >= 0.6 is 12.2 Å². The number of hydrogen-bond donors (Lipinski definition) is 3. The zero-order valence-corrected chi connectivity index (χ0v) is 15.5. The number of benzene rings is 1. The zero-order valence-electron chi connectivity index (χ0n) is 14.7. The summed E-state index contributed by atoms with van der Waals surface area (Å²) in [6.07, 6.45) is 0. The molecule has 0 aliphatic rings. The van der Waals surface area contributed by atoms with Crippen molar-refractivity contribution in [3.8, 4) is 5.75 Å². The monoisotopic (exact) mass is 351 g/mol.